The number of nitrogens with zero attached hydrogens (tertiary/aromatic N) is 1. The summed E-state index contributed by atoms with van der Waals surface area (Å²) in [6.07, 6.45) is 11.8. The molecule has 0 saturated heterocycles. The van der Waals surface area contributed by atoms with Gasteiger partial charge in [0.15, 0.2) is 0 Å². The average molecular weight is 133 g/mol. The Labute approximate surface area is 61.7 Å². The molecule has 0 atom stereocenters. The van der Waals surface area contributed by atoms with Gasteiger partial charge in [-0.15, -0.1) is 0 Å². The summed E-state index contributed by atoms with van der Waals surface area (Å²) in [5.41, 5.74) is 1.16. The average Bonchev–Trinajstić information content (AvgIpc) is 2.04. The first-order chi connectivity index (χ1) is 4.88. The van der Waals surface area contributed by atoms with Crippen LogP contribution in [0.4, 0.5) is 0 Å². The maximum atomic E-state index is 3.68. The molecule has 1 aliphatic rings. The van der Waals surface area contributed by atoms with Crippen LogP contribution < -0.4 is 0 Å². The first kappa shape index (κ1) is 6.87. The van der Waals surface area contributed by atoms with Gasteiger partial charge in [-0.3, -0.25) is 0 Å². The molecule has 0 saturated carbocycles. The van der Waals surface area contributed by atoms with Crippen LogP contribution in [0.5, 0.6) is 0 Å². The van der Waals surface area contributed by atoms with Crippen LogP contribution in [-0.2, 0) is 0 Å². The van der Waals surface area contributed by atoms with Crippen molar-refractivity contribution in [1.82, 2.24) is 4.90 Å². The van der Waals surface area contributed by atoms with Gasteiger partial charge < -0.3 is 4.90 Å². The van der Waals surface area contributed by atoms with Crippen LogP contribution in [0, 0.1) is 0 Å². The molecule has 0 spiro atoms. The number of hydrogen-bond acceptors (Lipinski definition) is 1. The Kier molecular flexibility index (Phi) is 2.11. The molecule has 1 rings (SSSR count). The summed E-state index contributed by atoms with van der Waals surface area (Å²) in [5, 5.41) is 0. The predicted molar refractivity (Wildman–Crippen MR) is 44.1 cm³/mol. The Morgan fingerprint density at radius 3 is 2.80 bits per heavy atom. The third kappa shape index (κ3) is 1.18. The van der Waals surface area contributed by atoms with Gasteiger partial charge in [0.1, 0.15) is 0 Å². The lowest BCUT2D eigenvalue weighted by atomic mass is 10.3. The zero-order valence-electron chi connectivity index (χ0n) is 6.12. The van der Waals surface area contributed by atoms with Gasteiger partial charge in [-0.1, -0.05) is 18.7 Å². The van der Waals surface area contributed by atoms with Crippen LogP contribution in [0.3, 0.4) is 0 Å². The molecule has 0 aromatic carbocycles. The number of allylic oxidation sites excluding steroid dienone is 4. The number of hydrogen-bond donors (Lipinski definition) is 0. The summed E-state index contributed by atoms with van der Waals surface area (Å²) >= 11 is 0. The maximum Gasteiger partial charge on any atom is 0.0406 e. The Morgan fingerprint density at radius 1 is 1.50 bits per heavy atom. The minimum atomic E-state index is 1.16. The van der Waals surface area contributed by atoms with Crippen LogP contribution in [0.1, 0.15) is 6.92 Å². The predicted octanol–water partition coefficient (Wildman–Crippen LogP) is 2.42. The molecular weight excluding hydrogens is 122 g/mol. The fourth-order valence-corrected chi connectivity index (χ4v) is 0.880. The highest BCUT2D eigenvalue weighted by Crippen LogP contribution is 2.11. The molecule has 0 fully saturated rings. The van der Waals surface area contributed by atoms with Crippen LogP contribution in [-0.4, -0.2) is 4.90 Å². The lowest BCUT2D eigenvalue weighted by molar-refractivity contribution is 0.646. The van der Waals surface area contributed by atoms with Crippen molar-refractivity contribution in [3.05, 3.63) is 49.0 Å². The monoisotopic (exact) mass is 133 g/mol. The summed E-state index contributed by atoms with van der Waals surface area (Å²) in [7, 11) is 0. The van der Waals surface area contributed by atoms with Crippen molar-refractivity contribution in [3.8, 4) is 0 Å². The van der Waals surface area contributed by atoms with E-state index in [1.165, 1.54) is 0 Å². The minimum absolute atomic E-state index is 1.16. The third-order valence-electron chi connectivity index (χ3n) is 1.42. The van der Waals surface area contributed by atoms with E-state index in [2.05, 4.69) is 6.58 Å². The van der Waals surface area contributed by atoms with Gasteiger partial charge in [-0.2, -0.15) is 0 Å². The van der Waals surface area contributed by atoms with Crippen LogP contribution in [0.15, 0.2) is 49.0 Å². The summed E-state index contributed by atoms with van der Waals surface area (Å²) in [6.45, 7) is 5.69. The van der Waals surface area contributed by atoms with Crippen molar-refractivity contribution in [2.45, 2.75) is 6.92 Å². The summed E-state index contributed by atoms with van der Waals surface area (Å²) in [6, 6.07) is 0. The molecule has 1 aliphatic heterocycles. The molecule has 1 nitrogen and oxygen atoms in total. The van der Waals surface area contributed by atoms with E-state index < -0.39 is 0 Å². The third-order valence-corrected chi connectivity index (χ3v) is 1.42. The topological polar surface area (TPSA) is 3.24 Å². The van der Waals surface area contributed by atoms with E-state index in [-0.39, 0.29) is 0 Å². The molecule has 0 N–H and O–H groups in total. The molecule has 0 aliphatic carbocycles. The fraction of sp³-hybridized carbons (Fsp3) is 0.111. The van der Waals surface area contributed by atoms with Gasteiger partial charge in [0.25, 0.3) is 0 Å². The van der Waals surface area contributed by atoms with E-state index >= 15 is 0 Å². The summed E-state index contributed by atoms with van der Waals surface area (Å²) in [5.74, 6) is 0. The van der Waals surface area contributed by atoms with Crippen molar-refractivity contribution in [2.75, 3.05) is 0 Å². The van der Waals surface area contributed by atoms with E-state index in [0.717, 1.165) is 5.70 Å². The zero-order chi connectivity index (χ0) is 7.40. The molecular formula is C9H11N. The highest BCUT2D eigenvalue weighted by atomic mass is 15.1. The Bertz CT molecular complexity index is 209. The molecule has 0 aromatic rings. The Hall–Kier alpha value is -1.24. The van der Waals surface area contributed by atoms with Crippen LogP contribution >= 0.6 is 0 Å². The molecule has 1 heterocycles. The van der Waals surface area contributed by atoms with Crippen molar-refractivity contribution in [3.63, 3.8) is 0 Å². The number of rotatable bonds is 1. The standard InChI is InChI=1S/C9H11N/c1-3-9-7-5-6-8-10(9)4-2/h3-8H,2H2,1H3/b9-3-. The molecule has 1 heteroatoms. The highest BCUT2D eigenvalue weighted by molar-refractivity contribution is 5.28. The first-order valence-corrected chi connectivity index (χ1v) is 3.30. The molecule has 10 heavy (non-hydrogen) atoms. The molecule has 0 bridgehead atoms. The Morgan fingerprint density at radius 2 is 2.30 bits per heavy atom. The van der Waals surface area contributed by atoms with Crippen molar-refractivity contribution in [2.24, 2.45) is 0 Å². The molecule has 0 aromatic heterocycles. The van der Waals surface area contributed by atoms with Gasteiger partial charge in [-0.05, 0) is 19.1 Å². The molecule has 0 unspecified atom stereocenters. The molecule has 0 radical (unpaired) electrons. The normalized spacial score (nSPS) is 20.1. The summed E-state index contributed by atoms with van der Waals surface area (Å²) in [4.78, 5) is 1.97. The van der Waals surface area contributed by atoms with Gasteiger partial charge in [0.05, 0.1) is 0 Å². The SMILES string of the molecule is C=CN1C=CC=C/C1=C/C. The van der Waals surface area contributed by atoms with E-state index in [1.807, 2.05) is 42.3 Å². The van der Waals surface area contributed by atoms with E-state index in [9.17, 15) is 0 Å². The lowest BCUT2D eigenvalue weighted by Crippen LogP contribution is -2.07. The minimum Gasteiger partial charge on any atom is -0.325 e. The second kappa shape index (κ2) is 3.06. The van der Waals surface area contributed by atoms with E-state index in [1.54, 1.807) is 6.20 Å². The van der Waals surface area contributed by atoms with Crippen LogP contribution in [0.25, 0.3) is 0 Å². The fourth-order valence-electron chi connectivity index (χ4n) is 0.880. The second-order valence-corrected chi connectivity index (χ2v) is 2.00. The van der Waals surface area contributed by atoms with Gasteiger partial charge in [0.2, 0.25) is 0 Å². The first-order valence-electron chi connectivity index (χ1n) is 3.30. The lowest BCUT2D eigenvalue weighted by Gasteiger charge is -2.17. The summed E-state index contributed by atoms with van der Waals surface area (Å²) < 4.78 is 0. The van der Waals surface area contributed by atoms with Gasteiger partial charge in [0, 0.05) is 18.1 Å². The molecule has 0 amide bonds. The van der Waals surface area contributed by atoms with E-state index in [0.29, 0.717) is 0 Å². The van der Waals surface area contributed by atoms with Crippen molar-refractivity contribution in [1.29, 1.82) is 0 Å². The second-order valence-electron chi connectivity index (χ2n) is 2.00. The largest absolute Gasteiger partial charge is 0.325 e. The van der Waals surface area contributed by atoms with Gasteiger partial charge >= 0.3 is 0 Å². The van der Waals surface area contributed by atoms with Crippen molar-refractivity contribution < 1.29 is 0 Å². The quantitative estimate of drug-likeness (QED) is 0.531. The highest BCUT2D eigenvalue weighted by Gasteiger charge is 1.98. The molecule has 52 valence electrons. The van der Waals surface area contributed by atoms with Crippen molar-refractivity contribution >= 4 is 0 Å². The maximum absolute atomic E-state index is 3.68. The van der Waals surface area contributed by atoms with Gasteiger partial charge in [-0.25, -0.2) is 0 Å². The Balaban J connectivity index is 2.83. The zero-order valence-corrected chi connectivity index (χ0v) is 6.12. The van der Waals surface area contributed by atoms with E-state index in [4.69, 9.17) is 0 Å². The van der Waals surface area contributed by atoms with Crippen LogP contribution in [0.2, 0.25) is 0 Å². The smallest absolute Gasteiger partial charge is 0.0406 e.